The van der Waals surface area contributed by atoms with Crippen LogP contribution in [0.4, 0.5) is 0 Å². The van der Waals surface area contributed by atoms with Gasteiger partial charge < -0.3 is 10.5 Å². The van der Waals surface area contributed by atoms with Crippen molar-refractivity contribution in [3.05, 3.63) is 53.3 Å². The molecule has 106 valence electrons. The molecular weight excluding hydrogens is 248 g/mol. The summed E-state index contributed by atoms with van der Waals surface area (Å²) in [4.78, 5) is 4.27. The number of nitrogens with two attached hydrogens (primary N) is 1. The molecule has 1 heterocycles. The minimum atomic E-state index is 0.425. The van der Waals surface area contributed by atoms with E-state index in [0.717, 1.165) is 29.2 Å². The second-order valence-corrected chi connectivity index (χ2v) is 5.09. The van der Waals surface area contributed by atoms with Crippen LogP contribution in [0.15, 0.2) is 36.5 Å². The molecule has 0 aliphatic rings. The van der Waals surface area contributed by atoms with E-state index in [1.54, 1.807) is 6.20 Å². The summed E-state index contributed by atoms with van der Waals surface area (Å²) in [5.41, 5.74) is 8.84. The molecule has 0 fully saturated rings. The number of rotatable bonds is 5. The van der Waals surface area contributed by atoms with Crippen molar-refractivity contribution in [2.75, 3.05) is 0 Å². The fraction of sp³-hybridized carbons (Fsp3) is 0.353. The number of benzene rings is 1. The largest absolute Gasteiger partial charge is 0.457 e. The Balaban J connectivity index is 2.37. The van der Waals surface area contributed by atoms with E-state index in [4.69, 9.17) is 10.5 Å². The number of hydrogen-bond donors (Lipinski definition) is 1. The van der Waals surface area contributed by atoms with Gasteiger partial charge in [-0.05, 0) is 30.9 Å². The Labute approximate surface area is 120 Å². The van der Waals surface area contributed by atoms with E-state index in [9.17, 15) is 0 Å². The number of nitrogens with zero attached hydrogens (tertiary/aromatic N) is 1. The lowest BCUT2D eigenvalue weighted by Crippen LogP contribution is -2.02. The first kappa shape index (κ1) is 14.5. The zero-order valence-corrected chi connectivity index (χ0v) is 12.4. The van der Waals surface area contributed by atoms with Crippen LogP contribution in [0.3, 0.4) is 0 Å². The Bertz CT molecular complexity index is 581. The molecule has 20 heavy (non-hydrogen) atoms. The number of hydrogen-bond acceptors (Lipinski definition) is 3. The first-order valence-corrected chi connectivity index (χ1v) is 7.08. The van der Waals surface area contributed by atoms with Crippen LogP contribution < -0.4 is 10.5 Å². The summed E-state index contributed by atoms with van der Waals surface area (Å²) < 4.78 is 6.12. The highest BCUT2D eigenvalue weighted by Crippen LogP contribution is 2.33. The van der Waals surface area contributed by atoms with Crippen LogP contribution in [0.25, 0.3) is 0 Å². The Hall–Kier alpha value is -1.87. The maximum atomic E-state index is 6.12. The van der Waals surface area contributed by atoms with E-state index >= 15 is 0 Å². The van der Waals surface area contributed by atoms with E-state index < -0.39 is 0 Å². The zero-order chi connectivity index (χ0) is 14.5. The van der Waals surface area contributed by atoms with Gasteiger partial charge in [-0.3, -0.25) is 4.98 Å². The molecule has 0 radical (unpaired) electrons. The van der Waals surface area contributed by atoms with Crippen molar-refractivity contribution in [3.63, 3.8) is 0 Å². The first-order valence-electron chi connectivity index (χ1n) is 7.08. The molecule has 0 aliphatic carbocycles. The van der Waals surface area contributed by atoms with E-state index in [0.29, 0.717) is 12.5 Å². The summed E-state index contributed by atoms with van der Waals surface area (Å²) in [5.74, 6) is 2.17. The van der Waals surface area contributed by atoms with Gasteiger partial charge in [-0.15, -0.1) is 0 Å². The summed E-state index contributed by atoms with van der Waals surface area (Å²) in [6.07, 6.45) is 2.87. The van der Waals surface area contributed by atoms with Gasteiger partial charge >= 0.3 is 0 Å². The van der Waals surface area contributed by atoms with Crippen LogP contribution in [-0.4, -0.2) is 4.98 Å². The fourth-order valence-electron chi connectivity index (χ4n) is 2.13. The average molecular weight is 270 g/mol. The molecule has 3 heteroatoms. The molecule has 3 nitrogen and oxygen atoms in total. The van der Waals surface area contributed by atoms with Crippen molar-refractivity contribution >= 4 is 0 Å². The van der Waals surface area contributed by atoms with Crippen LogP contribution in [0.2, 0.25) is 0 Å². The normalized spacial score (nSPS) is 12.2. The van der Waals surface area contributed by atoms with Gasteiger partial charge in [0, 0.05) is 30.1 Å². The average Bonchev–Trinajstić information content (AvgIpc) is 2.47. The van der Waals surface area contributed by atoms with Crippen molar-refractivity contribution in [1.82, 2.24) is 4.98 Å². The lowest BCUT2D eigenvalue weighted by Gasteiger charge is -2.17. The molecule has 2 aromatic rings. The fourth-order valence-corrected chi connectivity index (χ4v) is 2.13. The van der Waals surface area contributed by atoms with E-state index in [1.807, 2.05) is 25.1 Å². The third kappa shape index (κ3) is 3.17. The second-order valence-electron chi connectivity index (χ2n) is 5.09. The molecule has 0 bridgehead atoms. The minimum absolute atomic E-state index is 0.425. The third-order valence-corrected chi connectivity index (χ3v) is 3.58. The topological polar surface area (TPSA) is 48.1 Å². The standard InChI is InChI=1S/C17H22N2O/c1-4-12(2)15-7-5-6-8-16(15)20-17-9-13(3)19-11-14(17)10-18/h5-9,11-12H,4,10,18H2,1-3H3. The van der Waals surface area contributed by atoms with Gasteiger partial charge in [-0.2, -0.15) is 0 Å². The summed E-state index contributed by atoms with van der Waals surface area (Å²) in [6.45, 7) is 6.77. The Morgan fingerprint density at radius 1 is 1.25 bits per heavy atom. The number of pyridine rings is 1. The van der Waals surface area contributed by atoms with Gasteiger partial charge in [0.05, 0.1) is 0 Å². The van der Waals surface area contributed by atoms with Crippen LogP contribution in [0.5, 0.6) is 11.5 Å². The Morgan fingerprint density at radius 2 is 2.00 bits per heavy atom. The lowest BCUT2D eigenvalue weighted by molar-refractivity contribution is 0.463. The highest BCUT2D eigenvalue weighted by molar-refractivity contribution is 5.42. The van der Waals surface area contributed by atoms with E-state index in [-0.39, 0.29) is 0 Å². The molecule has 1 atom stereocenters. The quantitative estimate of drug-likeness (QED) is 0.887. The number of aromatic nitrogens is 1. The second kappa shape index (κ2) is 6.53. The maximum Gasteiger partial charge on any atom is 0.135 e. The SMILES string of the molecule is CCC(C)c1ccccc1Oc1cc(C)ncc1CN. The van der Waals surface area contributed by atoms with Crippen molar-refractivity contribution in [2.24, 2.45) is 5.73 Å². The maximum absolute atomic E-state index is 6.12. The van der Waals surface area contributed by atoms with Gasteiger partial charge in [-0.1, -0.05) is 32.0 Å². The smallest absolute Gasteiger partial charge is 0.135 e. The highest BCUT2D eigenvalue weighted by atomic mass is 16.5. The zero-order valence-electron chi connectivity index (χ0n) is 12.4. The molecule has 0 saturated heterocycles. The summed E-state index contributed by atoms with van der Waals surface area (Å²) in [5, 5.41) is 0. The summed E-state index contributed by atoms with van der Waals surface area (Å²) >= 11 is 0. The van der Waals surface area contributed by atoms with Crippen LogP contribution >= 0.6 is 0 Å². The van der Waals surface area contributed by atoms with Gasteiger partial charge in [0.2, 0.25) is 0 Å². The predicted molar refractivity (Wildman–Crippen MR) is 82.1 cm³/mol. The number of ether oxygens (including phenoxy) is 1. The molecule has 0 spiro atoms. The van der Waals surface area contributed by atoms with E-state index in [2.05, 4.69) is 31.0 Å². The van der Waals surface area contributed by atoms with Crippen molar-refractivity contribution in [3.8, 4) is 11.5 Å². The van der Waals surface area contributed by atoms with Crippen molar-refractivity contribution in [2.45, 2.75) is 39.7 Å². The van der Waals surface area contributed by atoms with E-state index in [1.165, 1.54) is 5.56 Å². The van der Waals surface area contributed by atoms with Crippen LogP contribution in [0.1, 0.15) is 43.0 Å². The first-order chi connectivity index (χ1) is 9.65. The van der Waals surface area contributed by atoms with Crippen LogP contribution in [-0.2, 0) is 6.54 Å². The van der Waals surface area contributed by atoms with Gasteiger partial charge in [0.15, 0.2) is 0 Å². The number of aryl methyl sites for hydroxylation is 1. The molecular formula is C17H22N2O. The molecule has 0 saturated carbocycles. The summed E-state index contributed by atoms with van der Waals surface area (Å²) in [6, 6.07) is 10.1. The van der Waals surface area contributed by atoms with Gasteiger partial charge in [-0.25, -0.2) is 0 Å². The molecule has 0 aliphatic heterocycles. The Morgan fingerprint density at radius 3 is 2.70 bits per heavy atom. The molecule has 1 aromatic carbocycles. The predicted octanol–water partition coefficient (Wildman–Crippen LogP) is 4.15. The van der Waals surface area contributed by atoms with Crippen molar-refractivity contribution in [1.29, 1.82) is 0 Å². The molecule has 2 rings (SSSR count). The highest BCUT2D eigenvalue weighted by Gasteiger charge is 2.12. The monoisotopic (exact) mass is 270 g/mol. The third-order valence-electron chi connectivity index (χ3n) is 3.58. The summed E-state index contributed by atoms with van der Waals surface area (Å²) in [7, 11) is 0. The Kier molecular flexibility index (Phi) is 4.74. The molecule has 2 N–H and O–H groups in total. The minimum Gasteiger partial charge on any atom is -0.457 e. The molecule has 1 aromatic heterocycles. The van der Waals surface area contributed by atoms with Gasteiger partial charge in [0.25, 0.3) is 0 Å². The number of para-hydroxylation sites is 1. The molecule has 0 amide bonds. The lowest BCUT2D eigenvalue weighted by atomic mass is 9.98. The van der Waals surface area contributed by atoms with Crippen LogP contribution in [0, 0.1) is 6.92 Å². The van der Waals surface area contributed by atoms with Gasteiger partial charge in [0.1, 0.15) is 11.5 Å². The van der Waals surface area contributed by atoms with Crippen molar-refractivity contribution < 1.29 is 4.74 Å². The molecule has 1 unspecified atom stereocenters.